The molecule has 2 N–H and O–H groups in total. The van der Waals surface area contributed by atoms with Crippen LogP contribution in [-0.2, 0) is 11.8 Å². The number of fused-ring (bicyclic) bond motifs is 1. The molecular formula is C20H25F2N7O2. The number of carbonyl (C=O) groups is 2. The number of amides is 2. The summed E-state index contributed by atoms with van der Waals surface area (Å²) in [6, 6.07) is 0. The molecule has 3 aromatic rings. The first kappa shape index (κ1) is 22.3. The van der Waals surface area contributed by atoms with Gasteiger partial charge < -0.3 is 15.2 Å². The molecule has 9 nitrogen and oxygen atoms in total. The van der Waals surface area contributed by atoms with E-state index >= 15 is 0 Å². The molecule has 1 saturated carbocycles. The number of halogens is 2. The average molecular weight is 433 g/mol. The van der Waals surface area contributed by atoms with Crippen LogP contribution in [0, 0.1) is 0 Å². The summed E-state index contributed by atoms with van der Waals surface area (Å²) in [6.45, 7) is 1.63. The highest BCUT2D eigenvalue weighted by molar-refractivity contribution is 6.04. The fraction of sp³-hybridized carbons (Fsp3) is 0.450. The third kappa shape index (κ3) is 6.06. The van der Waals surface area contributed by atoms with Crippen LogP contribution < -0.4 is 5.32 Å². The molecule has 1 aliphatic carbocycles. The van der Waals surface area contributed by atoms with Gasteiger partial charge in [0.15, 0.2) is 5.65 Å². The van der Waals surface area contributed by atoms with Gasteiger partial charge in [-0.1, -0.05) is 19.3 Å². The van der Waals surface area contributed by atoms with Crippen LogP contribution in [0.25, 0.3) is 22.4 Å². The predicted molar refractivity (Wildman–Crippen MR) is 111 cm³/mol. The van der Waals surface area contributed by atoms with Crippen LogP contribution >= 0.6 is 0 Å². The molecule has 166 valence electrons. The SMILES string of the molecule is C1CC1.CCNC(=O)c1c[nH]c2ncc(-c3cnn(C)c3)nc12.O=CN1CC(F)(F)C1. The van der Waals surface area contributed by atoms with E-state index in [1.54, 1.807) is 23.3 Å². The lowest BCUT2D eigenvalue weighted by molar-refractivity contribution is -0.153. The lowest BCUT2D eigenvalue weighted by Gasteiger charge is -2.35. The minimum atomic E-state index is -2.61. The molecule has 0 aromatic carbocycles. The Labute approximate surface area is 177 Å². The zero-order valence-corrected chi connectivity index (χ0v) is 17.4. The third-order valence-corrected chi connectivity index (χ3v) is 4.33. The minimum absolute atomic E-state index is 0.156. The number of H-pyrrole nitrogens is 1. The molecule has 2 fully saturated rings. The molecule has 11 heteroatoms. The molecule has 2 aliphatic rings. The number of hydrogen-bond acceptors (Lipinski definition) is 5. The number of aromatic amines is 1. The standard InChI is InChI=1S/C13H14N6O.C4H5F2NO.C3H6/c1-3-14-13(20)9-5-15-12-11(9)18-10(6-16-12)8-4-17-19(2)7-8;5-4(6)1-7(2-4)3-8;1-2-3-1/h4-7H,3H2,1-2H3,(H,14,20)(H,15,16);3H,1-2H2;1-3H2. The lowest BCUT2D eigenvalue weighted by Crippen LogP contribution is -2.55. The summed E-state index contributed by atoms with van der Waals surface area (Å²) < 4.78 is 25.2. The molecule has 0 bridgehead atoms. The van der Waals surface area contributed by atoms with Crippen molar-refractivity contribution >= 4 is 23.5 Å². The quantitative estimate of drug-likeness (QED) is 0.614. The molecule has 1 aliphatic heterocycles. The zero-order valence-electron chi connectivity index (χ0n) is 17.4. The molecule has 31 heavy (non-hydrogen) atoms. The number of carbonyl (C=O) groups excluding carboxylic acids is 2. The first-order valence-electron chi connectivity index (χ1n) is 10.0. The van der Waals surface area contributed by atoms with E-state index in [1.807, 2.05) is 20.2 Å². The van der Waals surface area contributed by atoms with E-state index < -0.39 is 19.0 Å². The normalized spacial score (nSPS) is 15.7. The van der Waals surface area contributed by atoms with E-state index in [4.69, 9.17) is 0 Å². The van der Waals surface area contributed by atoms with Gasteiger partial charge in [0.05, 0.1) is 36.7 Å². The summed E-state index contributed by atoms with van der Waals surface area (Å²) in [5.74, 6) is -2.77. The Morgan fingerprint density at radius 3 is 2.48 bits per heavy atom. The molecule has 5 rings (SSSR count). The van der Waals surface area contributed by atoms with Crippen LogP contribution in [0.2, 0.25) is 0 Å². The monoisotopic (exact) mass is 433 g/mol. The highest BCUT2D eigenvalue weighted by Crippen LogP contribution is 2.24. The van der Waals surface area contributed by atoms with Gasteiger partial charge in [-0.3, -0.25) is 14.3 Å². The Morgan fingerprint density at radius 1 is 1.29 bits per heavy atom. The smallest absolute Gasteiger partial charge is 0.282 e. The van der Waals surface area contributed by atoms with E-state index in [0.29, 0.717) is 35.4 Å². The highest BCUT2D eigenvalue weighted by atomic mass is 19.3. The van der Waals surface area contributed by atoms with Crippen LogP contribution in [0.5, 0.6) is 0 Å². The van der Waals surface area contributed by atoms with Gasteiger partial charge in [-0.15, -0.1) is 0 Å². The van der Waals surface area contributed by atoms with Gasteiger partial charge in [-0.25, -0.2) is 18.7 Å². The number of rotatable bonds is 4. The summed E-state index contributed by atoms with van der Waals surface area (Å²) in [7, 11) is 1.84. The van der Waals surface area contributed by atoms with Crippen molar-refractivity contribution in [3.05, 3.63) is 30.4 Å². The van der Waals surface area contributed by atoms with Crippen LogP contribution in [0.3, 0.4) is 0 Å². The maximum absolute atomic E-state index is 12.0. The van der Waals surface area contributed by atoms with Gasteiger partial charge in [0.1, 0.15) is 5.52 Å². The number of nitrogens with zero attached hydrogens (tertiary/aromatic N) is 5. The molecule has 3 aromatic heterocycles. The first-order valence-corrected chi connectivity index (χ1v) is 10.0. The van der Waals surface area contributed by atoms with Crippen molar-refractivity contribution in [2.75, 3.05) is 19.6 Å². The van der Waals surface area contributed by atoms with Crippen LogP contribution in [0.15, 0.2) is 24.8 Å². The Bertz CT molecular complexity index is 1030. The minimum Gasteiger partial charge on any atom is -0.352 e. The second kappa shape index (κ2) is 9.63. The maximum Gasteiger partial charge on any atom is 0.282 e. The number of hydrogen-bond donors (Lipinski definition) is 2. The lowest BCUT2D eigenvalue weighted by atomic mass is 10.2. The van der Waals surface area contributed by atoms with Crippen molar-refractivity contribution in [3.63, 3.8) is 0 Å². The fourth-order valence-electron chi connectivity index (χ4n) is 2.64. The molecule has 1 saturated heterocycles. The van der Waals surface area contributed by atoms with Crippen LogP contribution in [0.4, 0.5) is 8.78 Å². The number of aromatic nitrogens is 5. The van der Waals surface area contributed by atoms with Gasteiger partial charge in [0.25, 0.3) is 11.8 Å². The van der Waals surface area contributed by atoms with Crippen molar-refractivity contribution in [1.82, 2.24) is 34.9 Å². The van der Waals surface area contributed by atoms with E-state index in [0.717, 1.165) is 10.5 Å². The van der Waals surface area contributed by atoms with Gasteiger partial charge in [0, 0.05) is 31.5 Å². The van der Waals surface area contributed by atoms with E-state index in [-0.39, 0.29) is 5.91 Å². The van der Waals surface area contributed by atoms with Gasteiger partial charge in [0.2, 0.25) is 6.41 Å². The molecule has 4 heterocycles. The van der Waals surface area contributed by atoms with E-state index in [9.17, 15) is 18.4 Å². The predicted octanol–water partition coefficient (Wildman–Crippen LogP) is 2.37. The zero-order chi connectivity index (χ0) is 22.4. The summed E-state index contributed by atoms with van der Waals surface area (Å²) in [5, 5.41) is 6.87. The van der Waals surface area contributed by atoms with Crippen molar-refractivity contribution in [1.29, 1.82) is 0 Å². The number of alkyl halides is 2. The van der Waals surface area contributed by atoms with Gasteiger partial charge in [-0.2, -0.15) is 5.10 Å². The van der Waals surface area contributed by atoms with Crippen molar-refractivity contribution in [2.24, 2.45) is 7.05 Å². The van der Waals surface area contributed by atoms with Gasteiger partial charge in [-0.05, 0) is 6.92 Å². The van der Waals surface area contributed by atoms with Crippen molar-refractivity contribution < 1.29 is 18.4 Å². The van der Waals surface area contributed by atoms with Gasteiger partial charge >= 0.3 is 0 Å². The largest absolute Gasteiger partial charge is 0.352 e. The Balaban J connectivity index is 0.000000203. The first-order chi connectivity index (χ1) is 14.8. The number of likely N-dealkylation sites (tertiary alicyclic amines) is 1. The summed E-state index contributed by atoms with van der Waals surface area (Å²) in [4.78, 5) is 34.4. The number of aryl methyl sites for hydroxylation is 1. The average Bonchev–Trinajstić information content (AvgIpc) is 3.45. The Kier molecular flexibility index (Phi) is 6.93. The summed E-state index contributed by atoms with van der Waals surface area (Å²) in [5.41, 5.74) is 3.22. The van der Waals surface area contributed by atoms with Crippen molar-refractivity contribution in [2.45, 2.75) is 32.1 Å². The van der Waals surface area contributed by atoms with E-state index in [2.05, 4.69) is 25.4 Å². The maximum atomic E-state index is 12.0. The van der Waals surface area contributed by atoms with E-state index in [1.165, 1.54) is 19.3 Å². The Hall–Kier alpha value is -3.37. The number of nitrogens with one attached hydrogen (secondary N) is 2. The molecule has 0 atom stereocenters. The second-order valence-corrected chi connectivity index (χ2v) is 7.34. The molecule has 2 amide bonds. The van der Waals surface area contributed by atoms with Crippen molar-refractivity contribution in [3.8, 4) is 11.3 Å². The molecule has 0 spiro atoms. The third-order valence-electron chi connectivity index (χ3n) is 4.33. The molecular weight excluding hydrogens is 408 g/mol. The highest BCUT2D eigenvalue weighted by Gasteiger charge is 2.43. The summed E-state index contributed by atoms with van der Waals surface area (Å²) >= 11 is 0. The summed E-state index contributed by atoms with van der Waals surface area (Å²) in [6.07, 6.45) is 11.8. The van der Waals surface area contributed by atoms with Crippen LogP contribution in [-0.4, -0.2) is 67.5 Å². The molecule has 0 radical (unpaired) electrons. The topological polar surface area (TPSA) is 109 Å². The van der Waals surface area contributed by atoms with Crippen LogP contribution in [0.1, 0.15) is 36.5 Å². The Morgan fingerprint density at radius 2 is 2.00 bits per heavy atom. The fourth-order valence-corrected chi connectivity index (χ4v) is 2.64. The second-order valence-electron chi connectivity index (χ2n) is 7.34. The molecule has 0 unspecified atom stereocenters.